The third-order valence-electron chi connectivity index (χ3n) is 5.10. The largest absolute Gasteiger partial charge is 0.330 e. The fraction of sp³-hybridized carbons (Fsp3) is 1.00. The van der Waals surface area contributed by atoms with Gasteiger partial charge in [-0.1, -0.05) is 0 Å². The highest BCUT2D eigenvalue weighted by Gasteiger charge is 2.58. The van der Waals surface area contributed by atoms with Crippen LogP contribution in [0.2, 0.25) is 0 Å². The minimum atomic E-state index is -3.41. The van der Waals surface area contributed by atoms with Gasteiger partial charge >= 0.3 is 0 Å². The lowest BCUT2D eigenvalue weighted by Gasteiger charge is -2.55. The van der Waals surface area contributed by atoms with Gasteiger partial charge < -0.3 is 5.73 Å². The first kappa shape index (κ1) is 12.9. The first-order valence-electron chi connectivity index (χ1n) is 7.14. The molecule has 4 saturated carbocycles. The van der Waals surface area contributed by atoms with Crippen molar-refractivity contribution >= 4 is 10.1 Å². The normalized spacial score (nSPS) is 42.4. The second-order valence-electron chi connectivity index (χ2n) is 6.52. The van der Waals surface area contributed by atoms with Crippen molar-refractivity contribution in [3.8, 4) is 0 Å². The molecule has 5 heteroatoms. The van der Waals surface area contributed by atoms with Crippen molar-refractivity contribution in [1.29, 1.82) is 0 Å². The average molecular weight is 273 g/mol. The molecule has 2 N–H and O–H groups in total. The number of nitrogens with two attached hydrogens (primary N) is 1. The van der Waals surface area contributed by atoms with Gasteiger partial charge in [0.2, 0.25) is 0 Å². The molecule has 0 saturated heterocycles. The summed E-state index contributed by atoms with van der Waals surface area (Å²) < 4.78 is 29.7. The van der Waals surface area contributed by atoms with Gasteiger partial charge in [0, 0.05) is 0 Å². The third-order valence-corrected chi connectivity index (χ3v) is 7.14. The Balaban J connectivity index is 1.78. The summed E-state index contributed by atoms with van der Waals surface area (Å²) in [5, 5.41) is 0. The molecule has 0 aromatic heterocycles. The Morgan fingerprint density at radius 1 is 1.06 bits per heavy atom. The Morgan fingerprint density at radius 2 is 1.56 bits per heavy atom. The van der Waals surface area contributed by atoms with Crippen LogP contribution in [0.1, 0.15) is 44.9 Å². The monoisotopic (exact) mass is 273 g/mol. The zero-order valence-electron chi connectivity index (χ0n) is 10.8. The maximum Gasteiger partial charge on any atom is 0.273 e. The van der Waals surface area contributed by atoms with Gasteiger partial charge in [0.25, 0.3) is 10.1 Å². The molecule has 0 spiro atoms. The number of rotatable bonds is 5. The molecule has 104 valence electrons. The van der Waals surface area contributed by atoms with Crippen molar-refractivity contribution in [2.45, 2.75) is 49.7 Å². The molecule has 0 aromatic carbocycles. The summed E-state index contributed by atoms with van der Waals surface area (Å²) in [5.74, 6) is 1.89. The van der Waals surface area contributed by atoms with Gasteiger partial charge in [-0.2, -0.15) is 8.42 Å². The van der Waals surface area contributed by atoms with E-state index in [0.717, 1.165) is 19.3 Å². The lowest BCUT2D eigenvalue weighted by Crippen LogP contribution is -2.55. The van der Waals surface area contributed by atoms with E-state index in [9.17, 15) is 8.42 Å². The van der Waals surface area contributed by atoms with Gasteiger partial charge in [-0.05, 0) is 69.2 Å². The maximum absolute atomic E-state index is 12.5. The smallest absolute Gasteiger partial charge is 0.273 e. The van der Waals surface area contributed by atoms with Crippen LogP contribution < -0.4 is 5.73 Å². The van der Waals surface area contributed by atoms with E-state index in [4.69, 9.17) is 9.92 Å². The summed E-state index contributed by atoms with van der Waals surface area (Å²) >= 11 is 0. The second kappa shape index (κ2) is 4.46. The molecule has 0 unspecified atom stereocenters. The van der Waals surface area contributed by atoms with E-state index in [0.29, 0.717) is 30.7 Å². The fourth-order valence-electron chi connectivity index (χ4n) is 4.71. The zero-order chi connectivity index (χ0) is 12.8. The molecule has 4 nitrogen and oxygen atoms in total. The Morgan fingerprint density at radius 3 is 2.00 bits per heavy atom. The van der Waals surface area contributed by atoms with Crippen LogP contribution in [-0.2, 0) is 14.3 Å². The Hall–Kier alpha value is -0.130. The highest BCUT2D eigenvalue weighted by atomic mass is 32.2. The Labute approximate surface area is 109 Å². The lowest BCUT2D eigenvalue weighted by molar-refractivity contribution is 0.0282. The van der Waals surface area contributed by atoms with E-state index in [1.807, 2.05) is 0 Å². The van der Waals surface area contributed by atoms with Crippen molar-refractivity contribution in [2.75, 3.05) is 13.2 Å². The van der Waals surface area contributed by atoms with Crippen molar-refractivity contribution < 1.29 is 12.6 Å². The summed E-state index contributed by atoms with van der Waals surface area (Å²) in [6.07, 6.45) is 6.87. The molecule has 4 rings (SSSR count). The molecular formula is C13H23NO3S. The molecule has 18 heavy (non-hydrogen) atoms. The van der Waals surface area contributed by atoms with Crippen molar-refractivity contribution in [2.24, 2.45) is 23.5 Å². The predicted octanol–water partition coefficient (Wildman–Crippen LogP) is 1.65. The summed E-state index contributed by atoms with van der Waals surface area (Å²) in [6, 6.07) is 0. The molecule has 0 aromatic rings. The van der Waals surface area contributed by atoms with E-state index in [-0.39, 0.29) is 6.61 Å². The number of hydrogen-bond donors (Lipinski definition) is 1. The first-order valence-corrected chi connectivity index (χ1v) is 8.54. The minimum absolute atomic E-state index is 0.251. The minimum Gasteiger partial charge on any atom is -0.330 e. The molecule has 4 aliphatic rings. The van der Waals surface area contributed by atoms with Gasteiger partial charge in [0.15, 0.2) is 0 Å². The van der Waals surface area contributed by atoms with E-state index in [1.165, 1.54) is 19.3 Å². The van der Waals surface area contributed by atoms with Crippen molar-refractivity contribution in [3.63, 3.8) is 0 Å². The lowest BCUT2D eigenvalue weighted by atomic mass is 9.56. The summed E-state index contributed by atoms with van der Waals surface area (Å²) in [4.78, 5) is 0. The van der Waals surface area contributed by atoms with E-state index >= 15 is 0 Å². The molecule has 0 atom stereocenters. The van der Waals surface area contributed by atoms with Crippen molar-refractivity contribution in [3.05, 3.63) is 0 Å². The van der Waals surface area contributed by atoms with Crippen LogP contribution in [0.4, 0.5) is 0 Å². The SMILES string of the molecule is NCCCOS(=O)(=O)C12CC3CC(CC(C3)C1)C2. The molecule has 4 fully saturated rings. The van der Waals surface area contributed by atoms with E-state index in [1.54, 1.807) is 0 Å². The van der Waals surface area contributed by atoms with Crippen LogP contribution in [0, 0.1) is 17.8 Å². The molecule has 4 aliphatic carbocycles. The van der Waals surface area contributed by atoms with Crippen LogP contribution in [0.15, 0.2) is 0 Å². The first-order chi connectivity index (χ1) is 8.55. The van der Waals surface area contributed by atoms with Gasteiger partial charge in [0.1, 0.15) is 0 Å². The summed E-state index contributed by atoms with van der Waals surface area (Å²) in [5.41, 5.74) is 5.39. The Bertz CT molecular complexity index is 383. The molecule has 0 heterocycles. The summed E-state index contributed by atoms with van der Waals surface area (Å²) in [7, 11) is -3.41. The summed E-state index contributed by atoms with van der Waals surface area (Å²) in [6.45, 7) is 0.733. The predicted molar refractivity (Wildman–Crippen MR) is 69.4 cm³/mol. The average Bonchev–Trinajstić information content (AvgIpc) is 2.27. The van der Waals surface area contributed by atoms with Crippen LogP contribution in [0.25, 0.3) is 0 Å². The quantitative estimate of drug-likeness (QED) is 0.611. The van der Waals surface area contributed by atoms with Gasteiger partial charge in [-0.3, -0.25) is 4.18 Å². The van der Waals surface area contributed by atoms with E-state index in [2.05, 4.69) is 0 Å². The van der Waals surface area contributed by atoms with Gasteiger partial charge in [0.05, 0.1) is 11.4 Å². The van der Waals surface area contributed by atoms with Crippen LogP contribution >= 0.6 is 0 Å². The van der Waals surface area contributed by atoms with Gasteiger partial charge in [-0.25, -0.2) is 0 Å². The van der Waals surface area contributed by atoms with Crippen LogP contribution in [0.3, 0.4) is 0 Å². The number of hydrogen-bond acceptors (Lipinski definition) is 4. The topological polar surface area (TPSA) is 69.4 Å². The Kier molecular flexibility index (Phi) is 3.19. The molecule has 0 radical (unpaired) electrons. The fourth-order valence-corrected chi connectivity index (χ4v) is 6.62. The van der Waals surface area contributed by atoms with E-state index < -0.39 is 14.9 Å². The second-order valence-corrected chi connectivity index (χ2v) is 8.53. The third kappa shape index (κ3) is 2.00. The molecule has 0 amide bonds. The highest BCUT2D eigenvalue weighted by Crippen LogP contribution is 2.58. The molecular weight excluding hydrogens is 250 g/mol. The van der Waals surface area contributed by atoms with Crippen LogP contribution in [0.5, 0.6) is 0 Å². The zero-order valence-corrected chi connectivity index (χ0v) is 11.6. The maximum atomic E-state index is 12.5. The van der Waals surface area contributed by atoms with Crippen molar-refractivity contribution in [1.82, 2.24) is 0 Å². The van der Waals surface area contributed by atoms with Gasteiger partial charge in [-0.15, -0.1) is 0 Å². The standard InChI is InChI=1S/C13H23NO3S/c14-2-1-3-17-18(15,16)13-7-10-4-11(8-13)6-12(5-10)9-13/h10-12H,1-9,14H2. The molecule has 4 bridgehead atoms. The highest BCUT2D eigenvalue weighted by molar-refractivity contribution is 7.88. The molecule has 0 aliphatic heterocycles. The van der Waals surface area contributed by atoms with Crippen LogP contribution in [-0.4, -0.2) is 26.3 Å².